The molecule has 1 unspecified atom stereocenters. The van der Waals surface area contributed by atoms with Gasteiger partial charge in [-0.15, -0.1) is 0 Å². The van der Waals surface area contributed by atoms with Gasteiger partial charge in [0.15, 0.2) is 0 Å². The summed E-state index contributed by atoms with van der Waals surface area (Å²) < 4.78 is 5.66. The molecule has 0 aliphatic rings. The number of aliphatic hydroxyl groups is 1. The van der Waals surface area contributed by atoms with Crippen molar-refractivity contribution in [2.75, 3.05) is 6.54 Å². The zero-order valence-electron chi connectivity index (χ0n) is 13.4. The molecule has 0 aliphatic carbocycles. The number of aliphatic hydroxyl groups excluding tert-OH is 1. The minimum atomic E-state index is -0.484. The minimum absolute atomic E-state index is 0.171. The lowest BCUT2D eigenvalue weighted by molar-refractivity contribution is 0.0910. The molecule has 0 aliphatic heterocycles. The van der Waals surface area contributed by atoms with Crippen LogP contribution in [0.2, 0.25) is 0 Å². The van der Waals surface area contributed by atoms with Crippen molar-refractivity contribution in [3.05, 3.63) is 65.7 Å². The van der Waals surface area contributed by atoms with E-state index >= 15 is 0 Å². The first-order valence-corrected chi connectivity index (χ1v) is 7.92. The molecule has 23 heavy (non-hydrogen) atoms. The Morgan fingerprint density at radius 1 is 1.13 bits per heavy atom. The van der Waals surface area contributed by atoms with E-state index < -0.39 is 6.10 Å². The Labute approximate surface area is 137 Å². The van der Waals surface area contributed by atoms with Crippen LogP contribution in [0.3, 0.4) is 0 Å². The van der Waals surface area contributed by atoms with Crippen LogP contribution in [0.5, 0.6) is 5.75 Å². The number of carbonyl (C=O) groups excluding carboxylic acids is 1. The predicted octanol–water partition coefficient (Wildman–Crippen LogP) is 3.16. The van der Waals surface area contributed by atoms with E-state index in [0.29, 0.717) is 18.6 Å². The van der Waals surface area contributed by atoms with Crippen molar-refractivity contribution in [2.45, 2.75) is 32.5 Å². The van der Waals surface area contributed by atoms with Crippen molar-refractivity contribution < 1.29 is 14.6 Å². The van der Waals surface area contributed by atoms with Crippen LogP contribution in [0.25, 0.3) is 0 Å². The Morgan fingerprint density at radius 2 is 1.83 bits per heavy atom. The van der Waals surface area contributed by atoms with Gasteiger partial charge in [0, 0.05) is 12.1 Å². The number of para-hydroxylation sites is 1. The first kappa shape index (κ1) is 17.0. The maximum absolute atomic E-state index is 12.0. The molecule has 0 heterocycles. The third kappa shape index (κ3) is 5.75. The van der Waals surface area contributed by atoms with Gasteiger partial charge in [0.2, 0.25) is 0 Å². The predicted molar refractivity (Wildman–Crippen MR) is 90.5 cm³/mol. The van der Waals surface area contributed by atoms with Gasteiger partial charge in [-0.2, -0.15) is 0 Å². The van der Waals surface area contributed by atoms with E-state index in [-0.39, 0.29) is 12.5 Å². The van der Waals surface area contributed by atoms with E-state index in [1.54, 1.807) is 12.1 Å². The molecule has 0 spiro atoms. The zero-order chi connectivity index (χ0) is 16.5. The Morgan fingerprint density at radius 3 is 2.48 bits per heavy atom. The van der Waals surface area contributed by atoms with Crippen LogP contribution in [-0.4, -0.2) is 23.7 Å². The number of hydrogen-bond acceptors (Lipinski definition) is 3. The average Bonchev–Trinajstić information content (AvgIpc) is 2.59. The smallest absolute Gasteiger partial charge is 0.251 e. The first-order valence-electron chi connectivity index (χ1n) is 7.92. The average molecular weight is 313 g/mol. The van der Waals surface area contributed by atoms with E-state index in [0.717, 1.165) is 17.7 Å². The molecule has 0 bridgehead atoms. The summed E-state index contributed by atoms with van der Waals surface area (Å²) in [6.07, 6.45) is 1.10. The zero-order valence-corrected chi connectivity index (χ0v) is 13.4. The van der Waals surface area contributed by atoms with Crippen molar-refractivity contribution in [3.8, 4) is 5.75 Å². The fraction of sp³-hybridized carbons (Fsp3) is 0.316. The van der Waals surface area contributed by atoms with Crippen LogP contribution in [0.15, 0.2) is 54.6 Å². The SMILES string of the molecule is CCCC(O)CNC(=O)c1ccc(COc2ccccc2)cc1. The summed E-state index contributed by atoms with van der Waals surface area (Å²) in [5.41, 5.74) is 1.58. The van der Waals surface area contributed by atoms with Crippen LogP contribution < -0.4 is 10.1 Å². The number of benzene rings is 2. The molecule has 1 atom stereocenters. The van der Waals surface area contributed by atoms with Gasteiger partial charge in [0.05, 0.1) is 6.10 Å². The second kappa shape index (κ2) is 8.96. The normalized spacial score (nSPS) is 11.7. The highest BCUT2D eigenvalue weighted by atomic mass is 16.5. The van der Waals surface area contributed by atoms with Gasteiger partial charge in [-0.3, -0.25) is 4.79 Å². The number of carbonyl (C=O) groups is 1. The van der Waals surface area contributed by atoms with Crippen LogP contribution >= 0.6 is 0 Å². The van der Waals surface area contributed by atoms with E-state index in [1.807, 2.05) is 49.4 Å². The summed E-state index contributed by atoms with van der Waals surface area (Å²) in [5.74, 6) is 0.648. The van der Waals surface area contributed by atoms with E-state index in [9.17, 15) is 9.90 Å². The van der Waals surface area contributed by atoms with Gasteiger partial charge in [-0.05, 0) is 36.2 Å². The van der Waals surface area contributed by atoms with E-state index in [1.165, 1.54) is 0 Å². The summed E-state index contributed by atoms with van der Waals surface area (Å²) in [7, 11) is 0. The fourth-order valence-corrected chi connectivity index (χ4v) is 2.18. The molecule has 1 amide bonds. The van der Waals surface area contributed by atoms with Gasteiger partial charge in [-0.1, -0.05) is 43.7 Å². The lowest BCUT2D eigenvalue weighted by atomic mass is 10.1. The molecule has 0 saturated carbocycles. The van der Waals surface area contributed by atoms with Crippen molar-refractivity contribution >= 4 is 5.91 Å². The van der Waals surface area contributed by atoms with Gasteiger partial charge in [0.1, 0.15) is 12.4 Å². The Kier molecular flexibility index (Phi) is 6.63. The topological polar surface area (TPSA) is 58.6 Å². The van der Waals surface area contributed by atoms with E-state index in [2.05, 4.69) is 5.32 Å². The van der Waals surface area contributed by atoms with E-state index in [4.69, 9.17) is 4.74 Å². The molecule has 122 valence electrons. The first-order chi connectivity index (χ1) is 11.2. The molecule has 0 fully saturated rings. The Hall–Kier alpha value is -2.33. The monoisotopic (exact) mass is 313 g/mol. The van der Waals surface area contributed by atoms with Crippen LogP contribution in [0.1, 0.15) is 35.7 Å². The number of amides is 1. The standard InChI is InChI=1S/C19H23NO3/c1-2-6-17(21)13-20-19(22)16-11-9-15(10-12-16)14-23-18-7-4-3-5-8-18/h3-5,7-12,17,21H,2,6,13-14H2,1H3,(H,20,22). The van der Waals surface area contributed by atoms with Crippen molar-refractivity contribution in [3.63, 3.8) is 0 Å². The molecule has 0 radical (unpaired) electrons. The van der Waals surface area contributed by atoms with Crippen LogP contribution in [0, 0.1) is 0 Å². The van der Waals surface area contributed by atoms with Gasteiger partial charge in [0.25, 0.3) is 5.91 Å². The summed E-state index contributed by atoms with van der Waals surface area (Å²) in [6.45, 7) is 2.74. The molecule has 0 aromatic heterocycles. The van der Waals surface area contributed by atoms with Crippen molar-refractivity contribution in [1.29, 1.82) is 0 Å². The van der Waals surface area contributed by atoms with Crippen LogP contribution in [-0.2, 0) is 6.61 Å². The third-order valence-electron chi connectivity index (χ3n) is 3.48. The highest BCUT2D eigenvalue weighted by Gasteiger charge is 2.08. The highest BCUT2D eigenvalue weighted by Crippen LogP contribution is 2.12. The number of ether oxygens (including phenoxy) is 1. The Balaban J connectivity index is 1.82. The maximum Gasteiger partial charge on any atom is 0.251 e. The van der Waals surface area contributed by atoms with Gasteiger partial charge < -0.3 is 15.2 Å². The second-order valence-corrected chi connectivity index (χ2v) is 5.45. The molecular formula is C19H23NO3. The van der Waals surface area contributed by atoms with Gasteiger partial charge >= 0.3 is 0 Å². The highest BCUT2D eigenvalue weighted by molar-refractivity contribution is 5.94. The molecule has 2 aromatic carbocycles. The molecule has 2 N–H and O–H groups in total. The largest absolute Gasteiger partial charge is 0.489 e. The maximum atomic E-state index is 12.0. The van der Waals surface area contributed by atoms with Gasteiger partial charge in [-0.25, -0.2) is 0 Å². The molecule has 4 heteroatoms. The van der Waals surface area contributed by atoms with Crippen LogP contribution in [0.4, 0.5) is 0 Å². The number of hydrogen-bond donors (Lipinski definition) is 2. The quantitative estimate of drug-likeness (QED) is 0.787. The summed E-state index contributed by atoms with van der Waals surface area (Å²) in [4.78, 5) is 12.0. The van der Waals surface area contributed by atoms with Crippen molar-refractivity contribution in [1.82, 2.24) is 5.32 Å². The summed E-state index contributed by atoms with van der Waals surface area (Å²) in [6, 6.07) is 16.9. The molecule has 0 saturated heterocycles. The molecular weight excluding hydrogens is 290 g/mol. The summed E-state index contributed by atoms with van der Waals surface area (Å²) in [5, 5.41) is 12.4. The summed E-state index contributed by atoms with van der Waals surface area (Å²) >= 11 is 0. The lowest BCUT2D eigenvalue weighted by Crippen LogP contribution is -2.31. The third-order valence-corrected chi connectivity index (χ3v) is 3.48. The Bertz CT molecular complexity index is 596. The number of rotatable bonds is 8. The molecule has 4 nitrogen and oxygen atoms in total. The minimum Gasteiger partial charge on any atom is -0.489 e. The van der Waals surface area contributed by atoms with Crippen molar-refractivity contribution in [2.24, 2.45) is 0 Å². The fourth-order valence-electron chi connectivity index (χ4n) is 2.18. The molecule has 2 aromatic rings. The lowest BCUT2D eigenvalue weighted by Gasteiger charge is -2.11. The second-order valence-electron chi connectivity index (χ2n) is 5.45. The number of nitrogens with one attached hydrogen (secondary N) is 1. The molecule has 2 rings (SSSR count).